The zero-order valence-corrected chi connectivity index (χ0v) is 14.5. The molecule has 2 N–H and O–H groups in total. The van der Waals surface area contributed by atoms with Gasteiger partial charge < -0.3 is 5.32 Å². The summed E-state index contributed by atoms with van der Waals surface area (Å²) in [5, 5.41) is 2.50. The van der Waals surface area contributed by atoms with E-state index >= 15 is 0 Å². The summed E-state index contributed by atoms with van der Waals surface area (Å²) < 4.78 is 27.2. The maximum Gasteiger partial charge on any atom is 0.251 e. The Labute approximate surface area is 138 Å². The van der Waals surface area contributed by atoms with Gasteiger partial charge in [0.25, 0.3) is 5.91 Å². The molecule has 7 heteroatoms. The summed E-state index contributed by atoms with van der Waals surface area (Å²) in [6.07, 6.45) is 3.60. The number of rotatable bonds is 6. The lowest BCUT2D eigenvalue weighted by Gasteiger charge is -2.33. The molecule has 128 valence electrons. The van der Waals surface area contributed by atoms with Gasteiger partial charge in [-0.15, -0.1) is 0 Å². The van der Waals surface area contributed by atoms with Crippen molar-refractivity contribution < 1.29 is 13.2 Å². The SMILES string of the molecule is CNC(=O)c1ccc(S(=O)(=O)NCCN2CCCC[C@H]2C)cc1. The maximum absolute atomic E-state index is 12.3. The number of carbonyl (C=O) groups is 1. The maximum atomic E-state index is 12.3. The smallest absolute Gasteiger partial charge is 0.251 e. The molecule has 1 saturated heterocycles. The standard InChI is InChI=1S/C16H25N3O3S/c1-13-5-3-4-11-19(13)12-10-18-23(21,22)15-8-6-14(7-9-15)16(20)17-2/h6-9,13,18H,3-5,10-12H2,1-2H3,(H,17,20)/t13-/m1/s1. The lowest BCUT2D eigenvalue weighted by Crippen LogP contribution is -2.42. The normalized spacial score (nSPS) is 19.5. The predicted octanol–water partition coefficient (Wildman–Crippen LogP) is 1.20. The molecule has 1 aliphatic rings. The molecule has 1 amide bonds. The first-order valence-electron chi connectivity index (χ1n) is 8.00. The fourth-order valence-electron chi connectivity index (χ4n) is 2.83. The molecule has 0 aromatic heterocycles. The minimum Gasteiger partial charge on any atom is -0.355 e. The number of sulfonamides is 1. The van der Waals surface area contributed by atoms with Crippen LogP contribution in [-0.4, -0.2) is 51.9 Å². The van der Waals surface area contributed by atoms with E-state index < -0.39 is 10.0 Å². The van der Waals surface area contributed by atoms with Crippen LogP contribution in [0.15, 0.2) is 29.2 Å². The highest BCUT2D eigenvalue weighted by Crippen LogP contribution is 2.15. The van der Waals surface area contributed by atoms with Gasteiger partial charge >= 0.3 is 0 Å². The van der Waals surface area contributed by atoms with Gasteiger partial charge in [-0.2, -0.15) is 0 Å². The predicted molar refractivity (Wildman–Crippen MR) is 89.9 cm³/mol. The number of nitrogens with zero attached hydrogens (tertiary/aromatic N) is 1. The molecule has 0 saturated carbocycles. The molecule has 0 radical (unpaired) electrons. The monoisotopic (exact) mass is 339 g/mol. The molecule has 6 nitrogen and oxygen atoms in total. The molecule has 1 aromatic carbocycles. The zero-order chi connectivity index (χ0) is 16.9. The average molecular weight is 339 g/mol. The number of nitrogens with one attached hydrogen (secondary N) is 2. The Morgan fingerprint density at radius 2 is 1.96 bits per heavy atom. The van der Waals surface area contributed by atoms with Gasteiger partial charge in [-0.3, -0.25) is 9.69 Å². The third-order valence-electron chi connectivity index (χ3n) is 4.29. The highest BCUT2D eigenvalue weighted by Gasteiger charge is 2.19. The van der Waals surface area contributed by atoms with Crippen LogP contribution < -0.4 is 10.0 Å². The van der Waals surface area contributed by atoms with Gasteiger partial charge in [0.1, 0.15) is 0 Å². The van der Waals surface area contributed by atoms with Crippen molar-refractivity contribution in [3.05, 3.63) is 29.8 Å². The van der Waals surface area contributed by atoms with Crippen molar-refractivity contribution in [1.29, 1.82) is 0 Å². The first-order chi connectivity index (χ1) is 10.9. The minimum atomic E-state index is -3.54. The van der Waals surface area contributed by atoms with Gasteiger partial charge in [0.05, 0.1) is 4.90 Å². The molecular weight excluding hydrogens is 314 g/mol. The van der Waals surface area contributed by atoms with Crippen LogP contribution in [-0.2, 0) is 10.0 Å². The molecule has 23 heavy (non-hydrogen) atoms. The molecule has 1 fully saturated rings. The Morgan fingerprint density at radius 3 is 2.57 bits per heavy atom. The van der Waals surface area contributed by atoms with Crippen molar-refractivity contribution >= 4 is 15.9 Å². The highest BCUT2D eigenvalue weighted by atomic mass is 32.2. The van der Waals surface area contributed by atoms with E-state index in [0.29, 0.717) is 18.2 Å². The second-order valence-electron chi connectivity index (χ2n) is 5.88. The lowest BCUT2D eigenvalue weighted by atomic mass is 10.0. The van der Waals surface area contributed by atoms with Gasteiger partial charge in [0.2, 0.25) is 10.0 Å². The van der Waals surface area contributed by atoms with Crippen LogP contribution in [0.3, 0.4) is 0 Å². The fraction of sp³-hybridized carbons (Fsp3) is 0.562. The summed E-state index contributed by atoms with van der Waals surface area (Å²) in [5.41, 5.74) is 0.439. The Bertz CT molecular complexity index is 628. The average Bonchev–Trinajstić information content (AvgIpc) is 2.56. The molecule has 0 spiro atoms. The fourth-order valence-corrected chi connectivity index (χ4v) is 3.85. The van der Waals surface area contributed by atoms with Crippen LogP contribution in [0.4, 0.5) is 0 Å². The van der Waals surface area contributed by atoms with Crippen LogP contribution in [0.1, 0.15) is 36.5 Å². The highest BCUT2D eigenvalue weighted by molar-refractivity contribution is 7.89. The number of piperidine rings is 1. The second kappa shape index (κ2) is 7.90. The van der Waals surface area contributed by atoms with E-state index in [1.54, 1.807) is 0 Å². The molecule has 1 aliphatic heterocycles. The summed E-state index contributed by atoms with van der Waals surface area (Å²) in [5.74, 6) is -0.235. The van der Waals surface area contributed by atoms with Gasteiger partial charge in [0.15, 0.2) is 0 Å². The Morgan fingerprint density at radius 1 is 1.26 bits per heavy atom. The molecule has 0 bridgehead atoms. The first-order valence-corrected chi connectivity index (χ1v) is 9.48. The van der Waals surface area contributed by atoms with E-state index in [9.17, 15) is 13.2 Å². The summed E-state index contributed by atoms with van der Waals surface area (Å²) in [7, 11) is -2.00. The van der Waals surface area contributed by atoms with Gasteiger partial charge in [-0.05, 0) is 50.6 Å². The topological polar surface area (TPSA) is 78.5 Å². The summed E-state index contributed by atoms with van der Waals surface area (Å²) in [6, 6.07) is 6.45. The summed E-state index contributed by atoms with van der Waals surface area (Å²) >= 11 is 0. The van der Waals surface area contributed by atoms with Crippen LogP contribution in [0.5, 0.6) is 0 Å². The largest absolute Gasteiger partial charge is 0.355 e. The van der Waals surface area contributed by atoms with Crippen molar-refractivity contribution in [1.82, 2.24) is 14.9 Å². The molecule has 0 unspecified atom stereocenters. The van der Waals surface area contributed by atoms with E-state index in [0.717, 1.165) is 13.1 Å². The molecular formula is C16H25N3O3S. The molecule has 1 aromatic rings. The second-order valence-corrected chi connectivity index (χ2v) is 7.65. The number of amides is 1. The Hall–Kier alpha value is -1.44. The lowest BCUT2D eigenvalue weighted by molar-refractivity contribution is 0.0963. The first kappa shape index (κ1) is 17.9. The number of likely N-dealkylation sites (tertiary alicyclic amines) is 1. The quantitative estimate of drug-likeness (QED) is 0.816. The van der Waals surface area contributed by atoms with Crippen LogP contribution in [0, 0.1) is 0 Å². The number of carbonyl (C=O) groups excluding carboxylic acids is 1. The molecule has 0 aliphatic carbocycles. The summed E-state index contributed by atoms with van der Waals surface area (Å²) in [4.78, 5) is 14.0. The van der Waals surface area contributed by atoms with Crippen molar-refractivity contribution in [3.8, 4) is 0 Å². The molecule has 1 heterocycles. The Kier molecular flexibility index (Phi) is 6.15. The molecule has 1 atom stereocenters. The van der Waals surface area contributed by atoms with Gasteiger partial charge in [-0.1, -0.05) is 6.42 Å². The number of hydrogen-bond acceptors (Lipinski definition) is 4. The van der Waals surface area contributed by atoms with Gasteiger partial charge in [0, 0.05) is 31.7 Å². The molecule has 2 rings (SSSR count). The van der Waals surface area contributed by atoms with Crippen molar-refractivity contribution in [2.45, 2.75) is 37.1 Å². The van der Waals surface area contributed by atoms with Crippen molar-refractivity contribution in [2.24, 2.45) is 0 Å². The number of benzene rings is 1. The third-order valence-corrected chi connectivity index (χ3v) is 5.76. The van der Waals surface area contributed by atoms with Crippen LogP contribution in [0.25, 0.3) is 0 Å². The van der Waals surface area contributed by atoms with E-state index in [4.69, 9.17) is 0 Å². The van der Waals surface area contributed by atoms with E-state index in [1.807, 2.05) is 0 Å². The van der Waals surface area contributed by atoms with Crippen LogP contribution in [0.2, 0.25) is 0 Å². The van der Waals surface area contributed by atoms with E-state index in [2.05, 4.69) is 21.9 Å². The summed E-state index contributed by atoms with van der Waals surface area (Å²) in [6.45, 7) is 4.33. The third kappa shape index (κ3) is 4.76. The van der Waals surface area contributed by atoms with E-state index in [1.165, 1.54) is 50.6 Å². The minimum absolute atomic E-state index is 0.178. The van der Waals surface area contributed by atoms with Gasteiger partial charge in [-0.25, -0.2) is 13.1 Å². The number of hydrogen-bond donors (Lipinski definition) is 2. The van der Waals surface area contributed by atoms with Crippen molar-refractivity contribution in [2.75, 3.05) is 26.7 Å². The van der Waals surface area contributed by atoms with E-state index in [-0.39, 0.29) is 10.8 Å². The van der Waals surface area contributed by atoms with Crippen molar-refractivity contribution in [3.63, 3.8) is 0 Å². The Balaban J connectivity index is 1.92. The zero-order valence-electron chi connectivity index (χ0n) is 13.7. The van der Waals surface area contributed by atoms with Crippen LogP contribution >= 0.6 is 0 Å².